The molecule has 0 aromatic heterocycles. The van der Waals surface area contributed by atoms with Crippen molar-refractivity contribution >= 4 is 0 Å². The fraction of sp³-hybridized carbons (Fsp3) is 1.00. The van der Waals surface area contributed by atoms with E-state index in [1.807, 2.05) is 0 Å². The molecule has 0 aromatic rings. The number of fused-ring (bicyclic) bond motifs is 1. The first-order valence-corrected chi connectivity index (χ1v) is 8.99. The molecule has 2 aliphatic rings. The van der Waals surface area contributed by atoms with Gasteiger partial charge in [-0.1, -0.05) is 40.5 Å². The summed E-state index contributed by atoms with van der Waals surface area (Å²) in [7, 11) is 0. The van der Waals surface area contributed by atoms with Gasteiger partial charge in [-0.15, -0.1) is 0 Å². The van der Waals surface area contributed by atoms with Crippen LogP contribution in [0.3, 0.4) is 0 Å². The average molecular weight is 280 g/mol. The van der Waals surface area contributed by atoms with Gasteiger partial charge in [0.05, 0.1) is 0 Å². The van der Waals surface area contributed by atoms with Gasteiger partial charge >= 0.3 is 0 Å². The van der Waals surface area contributed by atoms with Crippen molar-refractivity contribution in [1.82, 2.24) is 10.2 Å². The predicted molar refractivity (Wildman–Crippen MR) is 88.1 cm³/mol. The van der Waals surface area contributed by atoms with E-state index < -0.39 is 0 Å². The van der Waals surface area contributed by atoms with E-state index in [0.717, 1.165) is 18.5 Å². The Labute approximate surface area is 126 Å². The van der Waals surface area contributed by atoms with Crippen LogP contribution in [0.2, 0.25) is 0 Å². The quantitative estimate of drug-likeness (QED) is 0.817. The highest BCUT2D eigenvalue weighted by Crippen LogP contribution is 2.36. The third kappa shape index (κ3) is 4.21. The Hall–Kier alpha value is -0.0800. The van der Waals surface area contributed by atoms with E-state index in [1.165, 1.54) is 58.0 Å². The minimum absolute atomic E-state index is 0.358. The molecule has 1 heterocycles. The highest BCUT2D eigenvalue weighted by Gasteiger charge is 2.35. The van der Waals surface area contributed by atoms with Gasteiger partial charge in [-0.25, -0.2) is 0 Å². The van der Waals surface area contributed by atoms with E-state index in [1.54, 1.807) is 0 Å². The Bertz CT molecular complexity index is 280. The van der Waals surface area contributed by atoms with Crippen molar-refractivity contribution in [1.29, 1.82) is 0 Å². The zero-order valence-electron chi connectivity index (χ0n) is 14.3. The summed E-state index contributed by atoms with van der Waals surface area (Å²) in [5.41, 5.74) is 0.358. The fourth-order valence-electron chi connectivity index (χ4n) is 4.15. The van der Waals surface area contributed by atoms with Gasteiger partial charge in [0.25, 0.3) is 0 Å². The molecule has 0 aromatic carbocycles. The SMILES string of the molecule is CCCNC(CN1CCCC2CCCCC21)C(C)(C)C. The fourth-order valence-corrected chi connectivity index (χ4v) is 4.15. The van der Waals surface area contributed by atoms with Crippen molar-refractivity contribution in [3.63, 3.8) is 0 Å². The Morgan fingerprint density at radius 2 is 1.80 bits per heavy atom. The highest BCUT2D eigenvalue weighted by atomic mass is 15.2. The van der Waals surface area contributed by atoms with E-state index in [-0.39, 0.29) is 0 Å². The van der Waals surface area contributed by atoms with Crippen molar-refractivity contribution in [3.8, 4) is 0 Å². The Morgan fingerprint density at radius 3 is 2.50 bits per heavy atom. The summed E-state index contributed by atoms with van der Waals surface area (Å²) in [6.07, 6.45) is 10.0. The lowest BCUT2D eigenvalue weighted by Crippen LogP contribution is -2.55. The van der Waals surface area contributed by atoms with Gasteiger partial charge in [-0.3, -0.25) is 4.90 Å². The standard InChI is InChI=1S/C18H36N2/c1-5-12-19-17(18(2,3)4)14-20-13-8-10-15-9-6-7-11-16(15)20/h15-17,19H,5-14H2,1-4H3. The Balaban J connectivity index is 1.97. The van der Waals surface area contributed by atoms with Crippen molar-refractivity contribution in [2.45, 2.75) is 84.7 Å². The van der Waals surface area contributed by atoms with Crippen molar-refractivity contribution < 1.29 is 0 Å². The summed E-state index contributed by atoms with van der Waals surface area (Å²) in [5, 5.41) is 3.81. The molecular formula is C18H36N2. The molecule has 0 bridgehead atoms. The number of likely N-dealkylation sites (tertiary alicyclic amines) is 1. The van der Waals surface area contributed by atoms with Crippen LogP contribution in [-0.2, 0) is 0 Å². The zero-order chi connectivity index (χ0) is 14.6. The zero-order valence-corrected chi connectivity index (χ0v) is 14.3. The number of hydrogen-bond acceptors (Lipinski definition) is 2. The van der Waals surface area contributed by atoms with Crippen LogP contribution in [0, 0.1) is 11.3 Å². The number of nitrogens with one attached hydrogen (secondary N) is 1. The van der Waals surface area contributed by atoms with Crippen molar-refractivity contribution in [3.05, 3.63) is 0 Å². The van der Waals surface area contributed by atoms with Crippen LogP contribution < -0.4 is 5.32 Å². The summed E-state index contributed by atoms with van der Waals surface area (Å²) in [6, 6.07) is 1.52. The smallest absolute Gasteiger partial charge is 0.0243 e. The van der Waals surface area contributed by atoms with Gasteiger partial charge in [0, 0.05) is 18.6 Å². The maximum atomic E-state index is 3.81. The van der Waals surface area contributed by atoms with Gasteiger partial charge in [-0.05, 0) is 56.5 Å². The second-order valence-corrected chi connectivity index (χ2v) is 8.12. The van der Waals surface area contributed by atoms with Crippen molar-refractivity contribution in [2.24, 2.45) is 11.3 Å². The second-order valence-electron chi connectivity index (χ2n) is 8.12. The second kappa shape index (κ2) is 7.26. The van der Waals surface area contributed by atoms with Crippen LogP contribution in [0.25, 0.3) is 0 Å². The molecule has 1 N–H and O–H groups in total. The number of rotatable bonds is 5. The number of piperidine rings is 1. The molecule has 2 fully saturated rings. The molecule has 118 valence electrons. The first-order chi connectivity index (χ1) is 9.52. The molecule has 3 atom stereocenters. The third-order valence-corrected chi connectivity index (χ3v) is 5.46. The minimum atomic E-state index is 0.358. The molecule has 1 aliphatic heterocycles. The van der Waals surface area contributed by atoms with Crippen LogP contribution >= 0.6 is 0 Å². The lowest BCUT2D eigenvalue weighted by atomic mass is 9.77. The molecule has 2 heteroatoms. The minimum Gasteiger partial charge on any atom is -0.312 e. The molecule has 1 aliphatic carbocycles. The predicted octanol–water partition coefficient (Wildman–Crippen LogP) is 4.06. The molecule has 0 spiro atoms. The molecule has 1 saturated heterocycles. The summed E-state index contributed by atoms with van der Waals surface area (Å²) >= 11 is 0. The van der Waals surface area contributed by atoms with Crippen LogP contribution in [0.5, 0.6) is 0 Å². The highest BCUT2D eigenvalue weighted by molar-refractivity contribution is 4.91. The first kappa shape index (κ1) is 16.3. The number of hydrogen-bond donors (Lipinski definition) is 1. The molecule has 20 heavy (non-hydrogen) atoms. The largest absolute Gasteiger partial charge is 0.312 e. The van der Waals surface area contributed by atoms with E-state index in [9.17, 15) is 0 Å². The Morgan fingerprint density at radius 1 is 1.10 bits per heavy atom. The normalized spacial score (nSPS) is 30.0. The number of nitrogens with zero attached hydrogens (tertiary/aromatic N) is 1. The van der Waals surface area contributed by atoms with Gasteiger partial charge in [-0.2, -0.15) is 0 Å². The van der Waals surface area contributed by atoms with Gasteiger partial charge in [0.15, 0.2) is 0 Å². The van der Waals surface area contributed by atoms with E-state index >= 15 is 0 Å². The first-order valence-electron chi connectivity index (χ1n) is 8.99. The van der Waals surface area contributed by atoms with Gasteiger partial charge in [0.2, 0.25) is 0 Å². The lowest BCUT2D eigenvalue weighted by Gasteiger charge is -2.47. The molecule has 3 unspecified atom stereocenters. The van der Waals surface area contributed by atoms with E-state index in [0.29, 0.717) is 11.5 Å². The molecule has 2 rings (SSSR count). The third-order valence-electron chi connectivity index (χ3n) is 5.46. The Kier molecular flexibility index (Phi) is 5.92. The monoisotopic (exact) mass is 280 g/mol. The summed E-state index contributed by atoms with van der Waals surface area (Å²) < 4.78 is 0. The van der Waals surface area contributed by atoms with Gasteiger partial charge < -0.3 is 5.32 Å². The molecule has 1 saturated carbocycles. The molecule has 0 radical (unpaired) electrons. The molecule has 0 amide bonds. The maximum Gasteiger partial charge on any atom is 0.0243 e. The van der Waals surface area contributed by atoms with Crippen LogP contribution in [0.1, 0.15) is 72.6 Å². The average Bonchev–Trinajstić information content (AvgIpc) is 2.42. The van der Waals surface area contributed by atoms with Crippen LogP contribution in [0.15, 0.2) is 0 Å². The van der Waals surface area contributed by atoms with Crippen molar-refractivity contribution in [2.75, 3.05) is 19.6 Å². The van der Waals surface area contributed by atoms with E-state index in [4.69, 9.17) is 0 Å². The van der Waals surface area contributed by atoms with Gasteiger partial charge in [0.1, 0.15) is 0 Å². The summed E-state index contributed by atoms with van der Waals surface area (Å²) in [6.45, 7) is 13.2. The topological polar surface area (TPSA) is 15.3 Å². The summed E-state index contributed by atoms with van der Waals surface area (Å²) in [5.74, 6) is 1.00. The summed E-state index contributed by atoms with van der Waals surface area (Å²) in [4.78, 5) is 2.84. The van der Waals surface area contributed by atoms with Crippen LogP contribution in [-0.4, -0.2) is 36.6 Å². The lowest BCUT2D eigenvalue weighted by molar-refractivity contribution is 0.0398. The molecule has 2 nitrogen and oxygen atoms in total. The van der Waals surface area contributed by atoms with Crippen LogP contribution in [0.4, 0.5) is 0 Å². The van der Waals surface area contributed by atoms with E-state index in [2.05, 4.69) is 37.9 Å². The molecular weight excluding hydrogens is 244 g/mol. The maximum absolute atomic E-state index is 3.81.